The summed E-state index contributed by atoms with van der Waals surface area (Å²) in [6.45, 7) is 3.21. The molecular weight excluding hydrogens is 917 g/mol. The van der Waals surface area contributed by atoms with Crippen molar-refractivity contribution in [3.8, 4) is 6.07 Å². The summed E-state index contributed by atoms with van der Waals surface area (Å²) in [5.41, 5.74) is 14.7. The van der Waals surface area contributed by atoms with Crippen molar-refractivity contribution in [2.45, 2.75) is 44.1 Å². The molecule has 1 fully saturated rings. The molecule has 0 amide bonds. The van der Waals surface area contributed by atoms with E-state index in [0.717, 1.165) is 130 Å². The monoisotopic (exact) mass is 966 g/mol. The van der Waals surface area contributed by atoms with Crippen LogP contribution in [0.25, 0.3) is 76.9 Å². The number of para-hydroxylation sites is 3. The maximum Gasteiger partial charge on any atom is 0.159 e. The third-order valence-electron chi connectivity index (χ3n) is 16.1. The van der Waals surface area contributed by atoms with Crippen LogP contribution in [-0.4, -0.2) is 6.54 Å². The Morgan fingerprint density at radius 2 is 1.33 bits per heavy atom. The smallest absolute Gasteiger partial charge is 0.159 e. The van der Waals surface area contributed by atoms with Gasteiger partial charge in [-0.05, 0) is 124 Å². The van der Waals surface area contributed by atoms with E-state index in [1.807, 2.05) is 6.07 Å². The molecule has 2 unspecified atom stereocenters. The summed E-state index contributed by atoms with van der Waals surface area (Å²) in [7, 11) is 0. The number of hydrogen-bond acceptors (Lipinski definition) is 6. The van der Waals surface area contributed by atoms with Crippen LogP contribution in [0.3, 0.4) is 0 Å². The molecular formula is C69H50N4O2. The van der Waals surface area contributed by atoms with E-state index < -0.39 is 5.41 Å². The van der Waals surface area contributed by atoms with Crippen molar-refractivity contribution in [2.24, 2.45) is 0 Å². The molecule has 2 atom stereocenters. The largest absolute Gasteiger partial charge is 0.458 e. The SMILES string of the molecule is CC1(c2ccccc2)C=C(N(c2ccc3ccc4c(N(c5cc(C6=CCCC=C6)cc(C6CN6)c5)c5cccc6c5oc5ccccc56)ccc5ccc2c3c54)c2cccc3c4c(oc23)CC=CC=C4)C=C(C#N)C1. The number of hydrogen-bond donors (Lipinski definition) is 1. The van der Waals surface area contributed by atoms with E-state index in [1.165, 1.54) is 27.5 Å². The zero-order chi connectivity index (χ0) is 49.8. The number of nitrogens with one attached hydrogen (secondary N) is 1. The average Bonchev–Trinajstić information content (AvgIpc) is 4.22. The number of benzene rings is 9. The normalized spacial score (nSPS) is 18.1. The minimum Gasteiger partial charge on any atom is -0.458 e. The molecule has 2 aromatic heterocycles. The second-order valence-electron chi connectivity index (χ2n) is 20.8. The van der Waals surface area contributed by atoms with Gasteiger partial charge in [0.15, 0.2) is 11.2 Å². The number of furan rings is 2. The first kappa shape index (κ1) is 43.4. The highest BCUT2D eigenvalue weighted by Gasteiger charge is 2.34. The second kappa shape index (κ2) is 17.0. The van der Waals surface area contributed by atoms with Gasteiger partial charge in [0.05, 0.1) is 28.8 Å². The summed E-state index contributed by atoms with van der Waals surface area (Å²) in [4.78, 5) is 4.81. The van der Waals surface area contributed by atoms with Crippen LogP contribution in [0.2, 0.25) is 0 Å². The fourth-order valence-corrected chi connectivity index (χ4v) is 12.5. The molecule has 15 rings (SSSR count). The van der Waals surface area contributed by atoms with Crippen molar-refractivity contribution in [3.63, 3.8) is 0 Å². The Morgan fingerprint density at radius 3 is 2.09 bits per heavy atom. The van der Waals surface area contributed by atoms with Gasteiger partial charge in [-0.3, -0.25) is 0 Å². The van der Waals surface area contributed by atoms with Crippen LogP contribution in [0.5, 0.6) is 0 Å². The fraction of sp³-hybridized carbons (Fsp3) is 0.116. The van der Waals surface area contributed by atoms with Gasteiger partial charge in [-0.2, -0.15) is 5.26 Å². The van der Waals surface area contributed by atoms with Gasteiger partial charge in [0, 0.05) is 73.9 Å². The third kappa shape index (κ3) is 7.03. The molecule has 0 radical (unpaired) electrons. The third-order valence-corrected chi connectivity index (χ3v) is 16.1. The van der Waals surface area contributed by atoms with Gasteiger partial charge in [-0.1, -0.05) is 159 Å². The van der Waals surface area contributed by atoms with Gasteiger partial charge < -0.3 is 24.0 Å². The van der Waals surface area contributed by atoms with Gasteiger partial charge >= 0.3 is 0 Å². The molecule has 3 heterocycles. The van der Waals surface area contributed by atoms with Crippen molar-refractivity contribution in [2.75, 3.05) is 16.3 Å². The van der Waals surface area contributed by atoms with Gasteiger partial charge in [0.25, 0.3) is 0 Å². The molecule has 75 heavy (non-hydrogen) atoms. The highest BCUT2D eigenvalue weighted by molar-refractivity contribution is 6.28. The Bertz CT molecular complexity index is 4410. The fourth-order valence-electron chi connectivity index (χ4n) is 12.5. The first-order valence-electron chi connectivity index (χ1n) is 26.2. The Balaban J connectivity index is 0.998. The van der Waals surface area contributed by atoms with E-state index in [4.69, 9.17) is 8.83 Å². The molecule has 1 saturated heterocycles. The molecule has 0 spiro atoms. The van der Waals surface area contributed by atoms with E-state index in [2.05, 4.69) is 234 Å². The Hall–Kier alpha value is -9.15. The first-order valence-corrected chi connectivity index (χ1v) is 26.2. The summed E-state index contributed by atoms with van der Waals surface area (Å²) in [5, 5.41) is 24.6. The molecule has 4 aliphatic rings. The molecule has 11 aromatic rings. The van der Waals surface area contributed by atoms with Crippen LogP contribution in [0.1, 0.15) is 60.2 Å². The predicted octanol–water partition coefficient (Wildman–Crippen LogP) is 18.0. The highest BCUT2D eigenvalue weighted by atomic mass is 16.3. The van der Waals surface area contributed by atoms with Crippen molar-refractivity contribution >= 4 is 105 Å². The number of anilines is 5. The number of allylic oxidation sites excluding steroid dienone is 10. The lowest BCUT2D eigenvalue weighted by molar-refractivity contribution is 0.564. The maximum absolute atomic E-state index is 10.8. The van der Waals surface area contributed by atoms with Gasteiger partial charge in [-0.15, -0.1) is 0 Å². The first-order chi connectivity index (χ1) is 37.0. The lowest BCUT2D eigenvalue weighted by Crippen LogP contribution is -2.27. The Morgan fingerprint density at radius 1 is 0.627 bits per heavy atom. The Labute approximate surface area is 434 Å². The number of nitriles is 1. The topological polar surface area (TPSA) is 78.5 Å². The second-order valence-corrected chi connectivity index (χ2v) is 20.8. The van der Waals surface area contributed by atoms with E-state index >= 15 is 0 Å². The molecule has 6 heteroatoms. The summed E-state index contributed by atoms with van der Waals surface area (Å²) < 4.78 is 13.9. The summed E-state index contributed by atoms with van der Waals surface area (Å²) in [5.74, 6) is 0.936. The zero-order valence-electron chi connectivity index (χ0n) is 41.5. The number of rotatable bonds is 9. The van der Waals surface area contributed by atoms with Gasteiger partial charge in [0.1, 0.15) is 11.3 Å². The van der Waals surface area contributed by atoms with E-state index in [-0.39, 0.29) is 0 Å². The number of nitrogens with zero attached hydrogens (tertiary/aromatic N) is 3. The van der Waals surface area contributed by atoms with Crippen LogP contribution < -0.4 is 15.1 Å². The lowest BCUT2D eigenvalue weighted by atomic mass is 9.74. The minimum absolute atomic E-state index is 0.294. The highest BCUT2D eigenvalue weighted by Crippen LogP contribution is 2.52. The van der Waals surface area contributed by atoms with Crippen molar-refractivity contribution in [3.05, 3.63) is 246 Å². The molecule has 6 nitrogen and oxygen atoms in total. The van der Waals surface area contributed by atoms with Crippen molar-refractivity contribution < 1.29 is 8.83 Å². The maximum atomic E-state index is 10.8. The molecule has 358 valence electrons. The number of fused-ring (bicyclic) bond motifs is 6. The van der Waals surface area contributed by atoms with E-state index in [0.29, 0.717) is 18.9 Å². The summed E-state index contributed by atoms with van der Waals surface area (Å²) in [6, 6.07) is 60.3. The zero-order valence-corrected chi connectivity index (χ0v) is 41.5. The van der Waals surface area contributed by atoms with Crippen molar-refractivity contribution in [1.82, 2.24) is 5.32 Å². The predicted molar refractivity (Wildman–Crippen MR) is 310 cm³/mol. The van der Waals surface area contributed by atoms with E-state index in [1.54, 1.807) is 0 Å². The van der Waals surface area contributed by atoms with Gasteiger partial charge in [0.2, 0.25) is 0 Å². The molecule has 0 bridgehead atoms. The molecule has 1 aliphatic heterocycles. The lowest BCUT2D eigenvalue weighted by Gasteiger charge is -2.36. The Kier molecular flexibility index (Phi) is 9.82. The van der Waals surface area contributed by atoms with Crippen LogP contribution in [-0.2, 0) is 11.8 Å². The standard InChI is InChI=1S/C69H50N4O2/c1-69(49-17-7-3-8-18-49)39-43(41-70)35-51(40-69)73(62-24-14-22-54-52-19-9-4-10-25-63(52)74-68(54)62)60-34-30-46-27-31-56-59(33-29-45-28-32-57(60)66(46)65(45)56)72(61-23-13-21-55-53-20-11-12-26-64(53)75-67(55)61)50-37-47(44-15-5-2-6-16-44)36-48(38-50)58-42-71-58/h3-5,7-24,26-38,40,58,71H,2,6,25,39,42H2,1H3. The van der Waals surface area contributed by atoms with E-state index in [9.17, 15) is 5.26 Å². The van der Waals surface area contributed by atoms with Crippen LogP contribution in [0.4, 0.5) is 28.4 Å². The average molecular weight is 967 g/mol. The molecule has 9 aromatic carbocycles. The quantitative estimate of drug-likeness (QED) is 0.115. The molecule has 1 N–H and O–H groups in total. The summed E-state index contributed by atoms with van der Waals surface area (Å²) in [6.07, 6.45) is 23.3. The van der Waals surface area contributed by atoms with Crippen LogP contribution in [0, 0.1) is 11.3 Å². The molecule has 0 saturated carbocycles. The van der Waals surface area contributed by atoms with Crippen molar-refractivity contribution in [1.29, 1.82) is 5.26 Å². The van der Waals surface area contributed by atoms with Crippen LogP contribution in [0.15, 0.2) is 226 Å². The van der Waals surface area contributed by atoms with Gasteiger partial charge in [-0.25, -0.2) is 0 Å². The minimum atomic E-state index is -0.461. The molecule has 3 aliphatic carbocycles. The summed E-state index contributed by atoms with van der Waals surface area (Å²) >= 11 is 0. The van der Waals surface area contributed by atoms with Crippen LogP contribution >= 0.6 is 0 Å².